The first kappa shape index (κ1) is 26.4. The minimum absolute atomic E-state index is 0.138. The fourth-order valence-corrected chi connectivity index (χ4v) is 4.23. The van der Waals surface area contributed by atoms with Gasteiger partial charge in [-0.2, -0.15) is 13.2 Å². The van der Waals surface area contributed by atoms with E-state index in [9.17, 15) is 22.2 Å². The lowest BCUT2D eigenvalue weighted by Gasteiger charge is -2.18. The van der Waals surface area contributed by atoms with Crippen molar-refractivity contribution >= 4 is 32.9 Å². The normalized spacial score (nSPS) is 13.3. The van der Waals surface area contributed by atoms with Crippen molar-refractivity contribution in [1.29, 1.82) is 4.78 Å². The predicted octanol–water partition coefficient (Wildman–Crippen LogP) is 6.46. The Morgan fingerprint density at radius 3 is 2.34 bits per heavy atom. The summed E-state index contributed by atoms with van der Waals surface area (Å²) < 4.78 is 66.2. The van der Waals surface area contributed by atoms with Crippen molar-refractivity contribution in [2.24, 2.45) is 0 Å². The van der Waals surface area contributed by atoms with Crippen LogP contribution >= 0.6 is 11.6 Å². The fourth-order valence-electron chi connectivity index (χ4n) is 3.34. The van der Waals surface area contributed by atoms with Gasteiger partial charge in [0.25, 0.3) is 11.8 Å². The van der Waals surface area contributed by atoms with Crippen LogP contribution < -0.4 is 10.1 Å². The molecule has 0 bridgehead atoms. The maximum Gasteiger partial charge on any atom is 0.435 e. The molecule has 1 atom stereocenters. The first-order valence-corrected chi connectivity index (χ1v) is 12.5. The number of nitrogens with one attached hydrogen (secondary N) is 2. The minimum atomic E-state index is -4.85. The van der Waals surface area contributed by atoms with Gasteiger partial charge in [0.2, 0.25) is 0 Å². The van der Waals surface area contributed by atoms with Gasteiger partial charge in [0.05, 0.1) is 9.73 Å². The summed E-state index contributed by atoms with van der Waals surface area (Å²) in [5, 5.41) is 9.84. The molecule has 12 heteroatoms. The van der Waals surface area contributed by atoms with E-state index in [4.69, 9.17) is 21.1 Å². The van der Waals surface area contributed by atoms with Crippen LogP contribution in [0.15, 0.2) is 35.2 Å². The zero-order valence-electron chi connectivity index (χ0n) is 19.4. The third-order valence-corrected chi connectivity index (χ3v) is 7.12. The van der Waals surface area contributed by atoms with E-state index in [1.807, 2.05) is 0 Å². The number of aromatic nitrogens is 2. The van der Waals surface area contributed by atoms with Gasteiger partial charge in [0.1, 0.15) is 11.3 Å². The molecule has 1 amide bonds. The summed E-state index contributed by atoms with van der Waals surface area (Å²) in [5.74, 6) is -1.11. The third-order valence-electron chi connectivity index (χ3n) is 5.38. The molecule has 0 aliphatic rings. The van der Waals surface area contributed by atoms with Gasteiger partial charge in [0.15, 0.2) is 5.69 Å². The van der Waals surface area contributed by atoms with Gasteiger partial charge >= 0.3 is 6.18 Å². The molecule has 3 aromatic rings. The average Bonchev–Trinajstić information content (AvgIpc) is 2.74. The Balaban J connectivity index is 2.13. The number of carbonyl (C=O) groups is 1. The van der Waals surface area contributed by atoms with Crippen LogP contribution in [0, 0.1) is 32.5 Å². The van der Waals surface area contributed by atoms with E-state index >= 15 is 0 Å². The molecular formula is C23H22ClF3N4O3S. The Bertz CT molecular complexity index is 1440. The van der Waals surface area contributed by atoms with Crippen LogP contribution in [-0.4, -0.2) is 26.6 Å². The second kappa shape index (κ2) is 9.46. The molecule has 0 saturated heterocycles. The number of anilines is 1. The summed E-state index contributed by atoms with van der Waals surface area (Å²) in [7, 11) is -3.08. The van der Waals surface area contributed by atoms with Crippen molar-refractivity contribution < 1.29 is 26.9 Å². The van der Waals surface area contributed by atoms with E-state index in [2.05, 4.69) is 15.5 Å². The monoisotopic (exact) mass is 526 g/mol. The van der Waals surface area contributed by atoms with Crippen LogP contribution in [0.3, 0.4) is 0 Å². The number of hydrogen-bond acceptors (Lipinski definition) is 6. The standard InChI is InChI=1S/C23H22ClF3N4O3S/c1-11-9-17(12(2)13(3)19(11)24)34-22-18(14(4)20(30-31-22)23(25,26)27)21(32)29-15-7-6-8-16(10-15)35(5,28)33/h6-10,28H,1-5H3,(H,29,32). The SMILES string of the molecule is Cc1cc(Oc2nnc(C(F)(F)F)c(C)c2C(=O)Nc2cccc(S(C)(=N)=O)c2)c(C)c(C)c1Cl. The zero-order chi connectivity index (χ0) is 26.3. The van der Waals surface area contributed by atoms with Crippen LogP contribution in [-0.2, 0) is 15.9 Å². The molecule has 3 rings (SSSR count). The van der Waals surface area contributed by atoms with E-state index in [0.717, 1.165) is 6.92 Å². The van der Waals surface area contributed by atoms with Gasteiger partial charge in [-0.25, -0.2) is 8.99 Å². The largest absolute Gasteiger partial charge is 0.437 e. The maximum absolute atomic E-state index is 13.5. The summed E-state index contributed by atoms with van der Waals surface area (Å²) in [5.41, 5.74) is -0.137. The lowest BCUT2D eigenvalue weighted by atomic mass is 10.1. The average molecular weight is 527 g/mol. The van der Waals surface area contributed by atoms with Crippen LogP contribution in [0.5, 0.6) is 11.6 Å². The summed E-state index contributed by atoms with van der Waals surface area (Å²) in [6.45, 7) is 6.32. The van der Waals surface area contributed by atoms with E-state index in [1.165, 1.54) is 30.5 Å². The number of alkyl halides is 3. The molecule has 2 aromatic carbocycles. The Morgan fingerprint density at radius 2 is 1.74 bits per heavy atom. The number of ether oxygens (including phenoxy) is 1. The third kappa shape index (κ3) is 5.57. The molecular weight excluding hydrogens is 505 g/mol. The quantitative estimate of drug-likeness (QED) is 0.397. The molecule has 1 unspecified atom stereocenters. The summed E-state index contributed by atoms with van der Waals surface area (Å²) >= 11 is 6.26. The van der Waals surface area contributed by atoms with E-state index in [-0.39, 0.29) is 16.3 Å². The highest BCUT2D eigenvalue weighted by Crippen LogP contribution is 2.37. The molecule has 1 aromatic heterocycles. The number of hydrogen-bond donors (Lipinski definition) is 2. The van der Waals surface area contributed by atoms with Crippen molar-refractivity contribution in [3.63, 3.8) is 0 Å². The number of benzene rings is 2. The second-order valence-electron chi connectivity index (χ2n) is 8.03. The molecule has 0 saturated carbocycles. The Morgan fingerprint density at radius 1 is 1.09 bits per heavy atom. The molecule has 0 fully saturated rings. The highest BCUT2D eigenvalue weighted by atomic mass is 35.5. The van der Waals surface area contributed by atoms with Crippen LogP contribution in [0.4, 0.5) is 18.9 Å². The number of nitrogens with zero attached hydrogens (tertiary/aromatic N) is 2. The highest BCUT2D eigenvalue weighted by Gasteiger charge is 2.38. The summed E-state index contributed by atoms with van der Waals surface area (Å²) in [4.78, 5) is 13.3. The van der Waals surface area contributed by atoms with Gasteiger partial charge in [0, 0.05) is 21.9 Å². The Hall–Kier alpha value is -3.18. The lowest BCUT2D eigenvalue weighted by molar-refractivity contribution is -0.142. The molecule has 7 nitrogen and oxygen atoms in total. The number of rotatable bonds is 5. The van der Waals surface area contributed by atoms with Crippen LogP contribution in [0.25, 0.3) is 0 Å². The molecule has 35 heavy (non-hydrogen) atoms. The Labute approximate surface area is 205 Å². The number of halogens is 4. The first-order valence-electron chi connectivity index (χ1n) is 10.1. The topological polar surface area (TPSA) is 105 Å². The molecule has 0 aliphatic heterocycles. The Kier molecular flexibility index (Phi) is 7.14. The van der Waals surface area contributed by atoms with Gasteiger partial charge in [-0.05, 0) is 74.2 Å². The van der Waals surface area contributed by atoms with Gasteiger partial charge in [-0.15, -0.1) is 10.2 Å². The van der Waals surface area contributed by atoms with Crippen molar-refractivity contribution in [3.05, 3.63) is 68.9 Å². The van der Waals surface area contributed by atoms with Gasteiger partial charge in [-0.3, -0.25) is 4.79 Å². The van der Waals surface area contributed by atoms with Crippen molar-refractivity contribution in [2.75, 3.05) is 11.6 Å². The lowest BCUT2D eigenvalue weighted by Crippen LogP contribution is -2.21. The number of amides is 1. The van der Waals surface area contributed by atoms with Gasteiger partial charge < -0.3 is 10.1 Å². The fraction of sp³-hybridized carbons (Fsp3) is 0.261. The van der Waals surface area contributed by atoms with Crippen molar-refractivity contribution in [1.82, 2.24) is 10.2 Å². The second-order valence-corrected chi connectivity index (χ2v) is 10.6. The zero-order valence-corrected chi connectivity index (χ0v) is 21.0. The first-order chi connectivity index (χ1) is 16.1. The molecule has 0 spiro atoms. The number of carbonyl (C=O) groups excluding carboxylic acids is 1. The van der Waals surface area contributed by atoms with E-state index in [0.29, 0.717) is 21.7 Å². The van der Waals surface area contributed by atoms with Crippen LogP contribution in [0.2, 0.25) is 5.02 Å². The smallest absolute Gasteiger partial charge is 0.435 e. The van der Waals surface area contributed by atoms with Gasteiger partial charge in [-0.1, -0.05) is 17.7 Å². The van der Waals surface area contributed by atoms with Crippen LogP contribution in [0.1, 0.15) is 38.3 Å². The predicted molar refractivity (Wildman–Crippen MR) is 127 cm³/mol. The summed E-state index contributed by atoms with van der Waals surface area (Å²) in [6.07, 6.45) is -3.64. The molecule has 1 heterocycles. The minimum Gasteiger partial charge on any atom is -0.437 e. The molecule has 186 valence electrons. The molecule has 2 N–H and O–H groups in total. The summed E-state index contributed by atoms with van der Waals surface area (Å²) in [6, 6.07) is 7.29. The van der Waals surface area contributed by atoms with Crippen molar-refractivity contribution in [2.45, 2.75) is 38.8 Å². The highest BCUT2D eigenvalue weighted by molar-refractivity contribution is 7.91. The maximum atomic E-state index is 13.5. The number of aryl methyl sites for hydroxylation is 1. The van der Waals surface area contributed by atoms with Crippen molar-refractivity contribution in [3.8, 4) is 11.6 Å². The molecule has 0 radical (unpaired) electrons. The van der Waals surface area contributed by atoms with E-state index < -0.39 is 44.5 Å². The molecule has 0 aliphatic carbocycles. The van der Waals surface area contributed by atoms with E-state index in [1.54, 1.807) is 26.8 Å².